The van der Waals surface area contributed by atoms with Crippen LogP contribution in [0.4, 0.5) is 0 Å². The average molecular weight is 456 g/mol. The van der Waals surface area contributed by atoms with Gasteiger partial charge in [0.15, 0.2) is 5.16 Å². The normalized spacial score (nSPS) is 14.3. The third kappa shape index (κ3) is 5.36. The number of aryl methyl sites for hydroxylation is 2. The number of carbonyl (C=O) groups excluding carboxylic acids is 1. The number of carbonyl (C=O) groups is 1. The zero-order chi connectivity index (χ0) is 21.6. The van der Waals surface area contributed by atoms with Gasteiger partial charge in [-0.05, 0) is 38.0 Å². The minimum atomic E-state index is -0.0311. The zero-order valence-corrected chi connectivity index (χ0v) is 19.8. The van der Waals surface area contributed by atoms with Crippen molar-refractivity contribution in [3.63, 3.8) is 0 Å². The molecule has 31 heavy (non-hydrogen) atoms. The average Bonchev–Trinajstić information content (AvgIpc) is 3.51. The first-order valence-electron chi connectivity index (χ1n) is 10.9. The maximum absolute atomic E-state index is 12.7. The van der Waals surface area contributed by atoms with Crippen LogP contribution in [0.5, 0.6) is 0 Å². The van der Waals surface area contributed by atoms with Crippen LogP contribution in [0.25, 0.3) is 0 Å². The van der Waals surface area contributed by atoms with Gasteiger partial charge in [-0.15, -0.1) is 21.5 Å². The Morgan fingerprint density at radius 1 is 1.23 bits per heavy atom. The number of nitrogens with one attached hydrogen (secondary N) is 1. The van der Waals surface area contributed by atoms with E-state index in [2.05, 4.69) is 43.5 Å². The summed E-state index contributed by atoms with van der Waals surface area (Å²) in [6.07, 6.45) is 9.48. The summed E-state index contributed by atoms with van der Waals surface area (Å²) in [6, 6.07) is 10.8. The maximum atomic E-state index is 12.7. The van der Waals surface area contributed by atoms with Crippen LogP contribution in [0.2, 0.25) is 0 Å². The van der Waals surface area contributed by atoms with Gasteiger partial charge in [-0.2, -0.15) is 0 Å². The van der Waals surface area contributed by atoms with Crippen LogP contribution in [0.1, 0.15) is 69.9 Å². The Morgan fingerprint density at radius 3 is 2.74 bits per heavy atom. The lowest BCUT2D eigenvalue weighted by molar-refractivity contribution is 0.0956. The summed E-state index contributed by atoms with van der Waals surface area (Å²) >= 11 is 3.15. The molecule has 0 aliphatic heterocycles. The highest BCUT2D eigenvalue weighted by Gasteiger charge is 2.23. The standard InChI is InChI=1S/C23H29N5OS2/c1-16-21(31-20(25-16)15-17-9-4-3-5-10-17)22(29)24-14-8-13-19-26-27-23(30-2)28(19)18-11-6-7-12-18/h3-5,9-10,18H,6-8,11-15H2,1-2H3,(H,24,29). The molecule has 8 heteroatoms. The molecule has 1 fully saturated rings. The highest BCUT2D eigenvalue weighted by molar-refractivity contribution is 7.98. The van der Waals surface area contributed by atoms with Gasteiger partial charge in [-0.3, -0.25) is 4.79 Å². The Balaban J connectivity index is 1.31. The van der Waals surface area contributed by atoms with Crippen LogP contribution in [0.15, 0.2) is 35.5 Å². The molecule has 0 unspecified atom stereocenters. The van der Waals surface area contributed by atoms with E-state index in [0.717, 1.165) is 40.9 Å². The van der Waals surface area contributed by atoms with Crippen LogP contribution < -0.4 is 5.32 Å². The molecule has 4 rings (SSSR count). The Bertz CT molecular complexity index is 1010. The molecule has 2 aromatic heterocycles. The first-order valence-corrected chi connectivity index (χ1v) is 13.0. The van der Waals surface area contributed by atoms with Crippen molar-refractivity contribution in [2.45, 2.75) is 63.1 Å². The smallest absolute Gasteiger partial charge is 0.263 e. The Hall–Kier alpha value is -2.19. The fourth-order valence-corrected chi connectivity index (χ4v) is 5.77. The van der Waals surface area contributed by atoms with E-state index in [9.17, 15) is 4.79 Å². The molecule has 1 aliphatic rings. The molecule has 0 saturated heterocycles. The van der Waals surface area contributed by atoms with Crippen molar-refractivity contribution >= 4 is 29.0 Å². The number of hydrogen-bond donors (Lipinski definition) is 1. The Labute approximate surface area is 191 Å². The van der Waals surface area contributed by atoms with E-state index in [1.165, 1.54) is 42.6 Å². The molecule has 3 aromatic rings. The number of thioether (sulfide) groups is 1. The number of hydrogen-bond acceptors (Lipinski definition) is 6. The Kier molecular flexibility index (Phi) is 7.40. The predicted octanol–water partition coefficient (Wildman–Crippen LogP) is 4.83. The highest BCUT2D eigenvalue weighted by atomic mass is 32.2. The third-order valence-corrected chi connectivity index (χ3v) is 7.52. The van der Waals surface area contributed by atoms with Crippen molar-refractivity contribution in [3.8, 4) is 0 Å². The minimum Gasteiger partial charge on any atom is -0.351 e. The summed E-state index contributed by atoms with van der Waals surface area (Å²) in [7, 11) is 0. The number of nitrogens with zero attached hydrogens (tertiary/aromatic N) is 4. The molecule has 0 atom stereocenters. The fourth-order valence-electron chi connectivity index (χ4n) is 4.18. The Morgan fingerprint density at radius 2 is 2.00 bits per heavy atom. The van der Waals surface area contributed by atoms with Gasteiger partial charge >= 0.3 is 0 Å². The van der Waals surface area contributed by atoms with Gasteiger partial charge in [0.1, 0.15) is 10.7 Å². The molecule has 6 nitrogen and oxygen atoms in total. The summed E-state index contributed by atoms with van der Waals surface area (Å²) in [5, 5.41) is 13.9. The van der Waals surface area contributed by atoms with Crippen LogP contribution in [0.3, 0.4) is 0 Å². The van der Waals surface area contributed by atoms with Crippen LogP contribution in [0, 0.1) is 6.92 Å². The van der Waals surface area contributed by atoms with Gasteiger partial charge in [-0.1, -0.05) is 54.9 Å². The lowest BCUT2D eigenvalue weighted by Crippen LogP contribution is -2.25. The van der Waals surface area contributed by atoms with Gasteiger partial charge < -0.3 is 9.88 Å². The zero-order valence-electron chi connectivity index (χ0n) is 18.1. The lowest BCUT2D eigenvalue weighted by Gasteiger charge is -2.16. The topological polar surface area (TPSA) is 72.7 Å². The van der Waals surface area contributed by atoms with Crippen LogP contribution in [-0.4, -0.2) is 38.5 Å². The third-order valence-electron chi connectivity index (χ3n) is 5.72. The summed E-state index contributed by atoms with van der Waals surface area (Å²) < 4.78 is 2.34. The number of amides is 1. The number of thiazole rings is 1. The largest absolute Gasteiger partial charge is 0.351 e. The predicted molar refractivity (Wildman–Crippen MR) is 126 cm³/mol. The van der Waals surface area contributed by atoms with Crippen molar-refractivity contribution in [2.24, 2.45) is 0 Å². The monoisotopic (exact) mass is 455 g/mol. The molecule has 0 bridgehead atoms. The van der Waals surface area contributed by atoms with Gasteiger partial charge in [0.25, 0.3) is 5.91 Å². The molecule has 2 heterocycles. The molecular formula is C23H29N5OS2. The first kappa shape index (κ1) is 22.0. The molecule has 0 spiro atoms. The van der Waals surface area contributed by atoms with E-state index in [4.69, 9.17) is 0 Å². The number of aromatic nitrogens is 4. The van der Waals surface area contributed by atoms with Crippen molar-refractivity contribution in [3.05, 3.63) is 57.3 Å². The molecule has 1 aliphatic carbocycles. The van der Waals surface area contributed by atoms with E-state index in [1.54, 1.807) is 11.8 Å². The lowest BCUT2D eigenvalue weighted by atomic mass is 10.2. The maximum Gasteiger partial charge on any atom is 0.263 e. The number of benzene rings is 1. The summed E-state index contributed by atoms with van der Waals surface area (Å²) in [5.74, 6) is 1.01. The first-order chi connectivity index (χ1) is 15.2. The second-order valence-electron chi connectivity index (χ2n) is 7.96. The summed E-state index contributed by atoms with van der Waals surface area (Å²) in [4.78, 5) is 18.0. The van der Waals surface area contributed by atoms with E-state index in [-0.39, 0.29) is 5.91 Å². The van der Waals surface area contributed by atoms with Gasteiger partial charge in [0.05, 0.1) is 10.7 Å². The van der Waals surface area contributed by atoms with E-state index in [0.29, 0.717) is 17.5 Å². The summed E-state index contributed by atoms with van der Waals surface area (Å²) in [6.45, 7) is 2.53. The molecule has 1 aromatic carbocycles. The fraction of sp³-hybridized carbons (Fsp3) is 0.478. The van der Waals surface area contributed by atoms with E-state index >= 15 is 0 Å². The molecule has 1 N–H and O–H groups in total. The van der Waals surface area contributed by atoms with E-state index < -0.39 is 0 Å². The van der Waals surface area contributed by atoms with E-state index in [1.807, 2.05) is 25.1 Å². The molecule has 0 radical (unpaired) electrons. The molecule has 164 valence electrons. The molecule has 1 saturated carbocycles. The number of rotatable bonds is 9. The highest BCUT2D eigenvalue weighted by Crippen LogP contribution is 2.33. The van der Waals surface area contributed by atoms with Crippen molar-refractivity contribution in [1.29, 1.82) is 0 Å². The SMILES string of the molecule is CSc1nnc(CCCNC(=O)c2sc(Cc3ccccc3)nc2C)n1C1CCCC1. The molecule has 1 amide bonds. The van der Waals surface area contributed by atoms with Crippen molar-refractivity contribution < 1.29 is 4.79 Å². The van der Waals surface area contributed by atoms with Crippen LogP contribution >= 0.6 is 23.1 Å². The summed E-state index contributed by atoms with van der Waals surface area (Å²) in [5.41, 5.74) is 2.01. The van der Waals surface area contributed by atoms with Gasteiger partial charge in [-0.25, -0.2) is 4.98 Å². The second-order valence-corrected chi connectivity index (χ2v) is 9.81. The second kappa shape index (κ2) is 10.4. The quantitative estimate of drug-likeness (QED) is 0.369. The van der Waals surface area contributed by atoms with Crippen LogP contribution in [-0.2, 0) is 12.8 Å². The minimum absolute atomic E-state index is 0.0311. The van der Waals surface area contributed by atoms with Crippen molar-refractivity contribution in [2.75, 3.05) is 12.8 Å². The molecular weight excluding hydrogens is 426 g/mol. The van der Waals surface area contributed by atoms with Gasteiger partial charge in [0.2, 0.25) is 0 Å². The van der Waals surface area contributed by atoms with Crippen molar-refractivity contribution in [1.82, 2.24) is 25.1 Å². The van der Waals surface area contributed by atoms with Gasteiger partial charge in [0, 0.05) is 25.4 Å².